The van der Waals surface area contributed by atoms with Crippen molar-refractivity contribution in [3.63, 3.8) is 0 Å². The molecule has 1 aromatic heterocycles. The zero-order valence-corrected chi connectivity index (χ0v) is 20.2. The Balaban J connectivity index is 1.52. The van der Waals surface area contributed by atoms with Gasteiger partial charge >= 0.3 is 0 Å². The molecule has 6 heteroatoms. The van der Waals surface area contributed by atoms with Gasteiger partial charge in [0.05, 0.1) is 17.1 Å². The Hall–Kier alpha value is -3.77. The summed E-state index contributed by atoms with van der Waals surface area (Å²) in [5.74, 6) is 0. The number of hydrogen-bond donors (Lipinski definition) is 0. The van der Waals surface area contributed by atoms with Crippen LogP contribution >= 0.6 is 11.8 Å². The van der Waals surface area contributed by atoms with Crippen molar-refractivity contribution in [2.75, 3.05) is 4.90 Å². The molecule has 1 aliphatic heterocycles. The maximum Gasteiger partial charge on any atom is 0.297 e. The molecule has 1 atom stereocenters. The Kier molecular flexibility index (Phi) is 5.99. The molecule has 0 aliphatic carbocycles. The Morgan fingerprint density at radius 2 is 1.50 bits per heavy atom. The minimum Gasteiger partial charge on any atom is -0.323 e. The van der Waals surface area contributed by atoms with E-state index in [1.165, 1.54) is 5.56 Å². The van der Waals surface area contributed by atoms with Gasteiger partial charge in [-0.3, -0.25) is 14.5 Å². The molecule has 2 heterocycles. The van der Waals surface area contributed by atoms with Gasteiger partial charge in [0.25, 0.3) is 5.56 Å². The van der Waals surface area contributed by atoms with Gasteiger partial charge in [-0.05, 0) is 49.1 Å². The van der Waals surface area contributed by atoms with Crippen molar-refractivity contribution >= 4 is 35.0 Å². The summed E-state index contributed by atoms with van der Waals surface area (Å²) < 4.78 is 3.52. The van der Waals surface area contributed by atoms with Crippen LogP contribution in [0.1, 0.15) is 16.8 Å². The Morgan fingerprint density at radius 1 is 0.853 bits per heavy atom. The van der Waals surface area contributed by atoms with Gasteiger partial charge in [-0.2, -0.15) is 0 Å². The molecule has 34 heavy (non-hydrogen) atoms. The van der Waals surface area contributed by atoms with Crippen molar-refractivity contribution in [1.29, 1.82) is 0 Å². The number of aliphatic imine (C=N–C) groups is 1. The highest BCUT2D eigenvalue weighted by Crippen LogP contribution is 2.40. The minimum atomic E-state index is -0.122. The molecule has 0 bridgehead atoms. The van der Waals surface area contributed by atoms with Crippen LogP contribution in [0.25, 0.3) is 11.4 Å². The normalized spacial score (nSPS) is 15.8. The van der Waals surface area contributed by atoms with E-state index in [9.17, 15) is 4.79 Å². The molecule has 0 saturated carbocycles. The second-order valence-corrected chi connectivity index (χ2v) is 9.28. The summed E-state index contributed by atoms with van der Waals surface area (Å²) >= 11 is 1.69. The lowest BCUT2D eigenvalue weighted by Crippen LogP contribution is -2.28. The molecule has 1 aliphatic rings. The molecule has 170 valence electrons. The first-order chi connectivity index (χ1) is 16.5. The second kappa shape index (κ2) is 9.23. The van der Waals surface area contributed by atoms with E-state index in [1.807, 2.05) is 61.3 Å². The van der Waals surface area contributed by atoms with E-state index < -0.39 is 0 Å². The largest absolute Gasteiger partial charge is 0.323 e. The lowest BCUT2D eigenvalue weighted by molar-refractivity contribution is 0.630. The molecule has 0 radical (unpaired) electrons. The van der Waals surface area contributed by atoms with Crippen LogP contribution in [0.3, 0.4) is 0 Å². The maximum atomic E-state index is 13.3. The Labute approximate surface area is 203 Å². The zero-order valence-electron chi connectivity index (χ0n) is 19.4. The molecule has 0 N–H and O–H groups in total. The van der Waals surface area contributed by atoms with Gasteiger partial charge in [0.1, 0.15) is 5.37 Å². The summed E-state index contributed by atoms with van der Waals surface area (Å²) in [5, 5.41) is 2.11. The second-order valence-electron chi connectivity index (χ2n) is 8.29. The van der Waals surface area contributed by atoms with E-state index in [1.54, 1.807) is 16.4 Å². The highest BCUT2D eigenvalue weighted by molar-refractivity contribution is 8.04. The van der Waals surface area contributed by atoms with Crippen molar-refractivity contribution in [2.24, 2.45) is 12.0 Å². The first-order valence-electron chi connectivity index (χ1n) is 11.2. The predicted molar refractivity (Wildman–Crippen MR) is 143 cm³/mol. The van der Waals surface area contributed by atoms with E-state index in [-0.39, 0.29) is 10.9 Å². The lowest BCUT2D eigenvalue weighted by atomic mass is 10.1. The zero-order chi connectivity index (χ0) is 23.7. The quantitative estimate of drug-likeness (QED) is 0.335. The van der Waals surface area contributed by atoms with Crippen LogP contribution in [-0.2, 0) is 7.05 Å². The number of anilines is 1. The fraction of sp³-hybridized carbons (Fsp3) is 0.143. The molecule has 4 aromatic rings. The summed E-state index contributed by atoms with van der Waals surface area (Å²) in [5.41, 5.74) is 6.56. The average molecular weight is 467 g/mol. The van der Waals surface area contributed by atoms with E-state index in [2.05, 4.69) is 65.8 Å². The van der Waals surface area contributed by atoms with E-state index >= 15 is 0 Å². The predicted octanol–water partition coefficient (Wildman–Crippen LogP) is 6.07. The van der Waals surface area contributed by atoms with Crippen LogP contribution in [0.5, 0.6) is 0 Å². The molecule has 0 fully saturated rings. The summed E-state index contributed by atoms with van der Waals surface area (Å²) in [6.45, 7) is 4.02. The number of aryl methyl sites for hydroxylation is 1. The molecule has 5 nitrogen and oxygen atoms in total. The van der Waals surface area contributed by atoms with Gasteiger partial charge in [0.15, 0.2) is 5.69 Å². The standard InChI is InChI=1S/C28H26N4OS/c1-20-14-16-23(17-15-20)31-25(22-10-6-4-7-11-22)19-34-26(31)18-29-27-21(2)30(3)32(28(27)33)24-12-8-5-9-13-24/h4-19,26H,1-3H3/b29-18-. The minimum absolute atomic E-state index is 0.0675. The number of hydrogen-bond acceptors (Lipinski definition) is 4. The smallest absolute Gasteiger partial charge is 0.297 e. The third-order valence-corrected chi connectivity index (χ3v) is 7.04. The molecule has 1 unspecified atom stereocenters. The number of para-hydroxylation sites is 1. The third-order valence-electron chi connectivity index (χ3n) is 6.07. The number of thioether (sulfide) groups is 1. The number of rotatable bonds is 5. The van der Waals surface area contributed by atoms with Gasteiger partial charge in [-0.15, -0.1) is 11.8 Å². The summed E-state index contributed by atoms with van der Waals surface area (Å²) in [7, 11) is 1.89. The first kappa shape index (κ1) is 22.0. The SMILES string of the molecule is Cc1ccc(N2C(c3ccccc3)=CSC2/C=N\c2c(C)n(C)n(-c3ccccc3)c2=O)cc1. The van der Waals surface area contributed by atoms with Crippen LogP contribution in [0.4, 0.5) is 11.4 Å². The monoisotopic (exact) mass is 466 g/mol. The molecule has 0 saturated heterocycles. The van der Waals surface area contributed by atoms with Crippen LogP contribution in [0, 0.1) is 13.8 Å². The highest BCUT2D eigenvalue weighted by Gasteiger charge is 2.28. The summed E-state index contributed by atoms with van der Waals surface area (Å²) in [6.07, 6.45) is 1.88. The van der Waals surface area contributed by atoms with Crippen molar-refractivity contribution in [3.05, 3.63) is 118 Å². The highest BCUT2D eigenvalue weighted by atomic mass is 32.2. The fourth-order valence-electron chi connectivity index (χ4n) is 4.14. The van der Waals surface area contributed by atoms with Crippen LogP contribution in [-0.4, -0.2) is 21.0 Å². The fourth-order valence-corrected chi connectivity index (χ4v) is 5.15. The third kappa shape index (κ3) is 4.01. The Morgan fingerprint density at radius 3 is 2.18 bits per heavy atom. The molecular formula is C28H26N4OS. The molecule has 3 aromatic carbocycles. The van der Waals surface area contributed by atoms with Gasteiger partial charge in [0, 0.05) is 18.9 Å². The molecular weight excluding hydrogens is 440 g/mol. The van der Waals surface area contributed by atoms with Gasteiger partial charge in [0.2, 0.25) is 0 Å². The van der Waals surface area contributed by atoms with E-state index in [0.717, 1.165) is 28.3 Å². The van der Waals surface area contributed by atoms with E-state index in [4.69, 9.17) is 4.99 Å². The van der Waals surface area contributed by atoms with Gasteiger partial charge < -0.3 is 4.90 Å². The van der Waals surface area contributed by atoms with Crippen LogP contribution in [0.2, 0.25) is 0 Å². The summed E-state index contributed by atoms with van der Waals surface area (Å²) in [6, 6.07) is 28.5. The topological polar surface area (TPSA) is 42.5 Å². The van der Waals surface area contributed by atoms with Crippen molar-refractivity contribution in [1.82, 2.24) is 9.36 Å². The van der Waals surface area contributed by atoms with Crippen molar-refractivity contribution in [2.45, 2.75) is 19.2 Å². The summed E-state index contributed by atoms with van der Waals surface area (Å²) in [4.78, 5) is 20.3. The van der Waals surface area contributed by atoms with Crippen molar-refractivity contribution in [3.8, 4) is 5.69 Å². The lowest BCUT2D eigenvalue weighted by Gasteiger charge is -2.27. The van der Waals surface area contributed by atoms with Gasteiger partial charge in [-0.25, -0.2) is 4.68 Å². The number of nitrogens with zero attached hydrogens (tertiary/aromatic N) is 4. The van der Waals surface area contributed by atoms with Gasteiger partial charge in [-0.1, -0.05) is 66.2 Å². The maximum absolute atomic E-state index is 13.3. The molecule has 0 amide bonds. The van der Waals surface area contributed by atoms with E-state index in [0.29, 0.717) is 5.69 Å². The molecule has 5 rings (SSSR count). The number of benzene rings is 3. The van der Waals surface area contributed by atoms with Crippen molar-refractivity contribution < 1.29 is 0 Å². The Bertz CT molecular complexity index is 1420. The average Bonchev–Trinajstić information content (AvgIpc) is 3.38. The molecule has 0 spiro atoms. The first-order valence-corrected chi connectivity index (χ1v) is 12.1. The number of aromatic nitrogens is 2. The van der Waals surface area contributed by atoms with Crippen LogP contribution in [0.15, 0.2) is 100 Å². The van der Waals surface area contributed by atoms with Crippen LogP contribution < -0.4 is 10.5 Å².